The number of ketones is 1. The van der Waals surface area contributed by atoms with E-state index in [9.17, 15) is 4.79 Å². The maximum atomic E-state index is 11.5. The normalized spacial score (nSPS) is 12.9. The average molecular weight is 257 g/mol. The molecule has 0 aromatic carbocycles. The van der Waals surface area contributed by atoms with Crippen LogP contribution in [0, 0.1) is 5.92 Å². The monoisotopic (exact) mass is 257 g/mol. The van der Waals surface area contributed by atoms with E-state index in [1.165, 1.54) is 6.92 Å². The Hall–Kier alpha value is -1.96. The molecule has 0 N–H and O–H groups in total. The molecule has 19 heavy (non-hydrogen) atoms. The predicted octanol–water partition coefficient (Wildman–Crippen LogP) is 4.43. The number of hydrogen-bond donors (Lipinski definition) is 0. The van der Waals surface area contributed by atoms with Crippen LogP contribution in [-0.2, 0) is 4.79 Å². The number of hydrogen-bond acceptors (Lipinski definition) is 2. The van der Waals surface area contributed by atoms with Crippen LogP contribution in [0.15, 0.2) is 65.9 Å². The molecule has 102 valence electrons. The van der Waals surface area contributed by atoms with E-state index in [1.807, 2.05) is 39.0 Å². The minimum Gasteiger partial charge on any atom is -0.293 e. The van der Waals surface area contributed by atoms with E-state index >= 15 is 0 Å². The van der Waals surface area contributed by atoms with Gasteiger partial charge in [-0.2, -0.15) is 0 Å². The van der Waals surface area contributed by atoms with Gasteiger partial charge in [0.2, 0.25) is 0 Å². The molecule has 2 heteroatoms. The summed E-state index contributed by atoms with van der Waals surface area (Å²) in [5, 5.41) is 0. The van der Waals surface area contributed by atoms with E-state index in [-0.39, 0.29) is 11.7 Å². The van der Waals surface area contributed by atoms with Gasteiger partial charge in [0.1, 0.15) is 0 Å². The second-order valence-electron chi connectivity index (χ2n) is 4.69. The van der Waals surface area contributed by atoms with Crippen molar-refractivity contribution in [3.63, 3.8) is 0 Å². The molecule has 0 amide bonds. The van der Waals surface area contributed by atoms with Crippen LogP contribution >= 0.6 is 0 Å². The summed E-state index contributed by atoms with van der Waals surface area (Å²) in [7, 11) is 0. The lowest BCUT2D eigenvalue weighted by atomic mass is 10.0. The summed E-state index contributed by atoms with van der Waals surface area (Å²) >= 11 is 0. The molecule has 0 aromatic heterocycles. The Morgan fingerprint density at radius 2 is 1.79 bits per heavy atom. The predicted molar refractivity (Wildman–Crippen MR) is 84.3 cm³/mol. The summed E-state index contributed by atoms with van der Waals surface area (Å²) in [5.41, 5.74) is 2.82. The standard InChI is InChI=1S/C17H23NO/c1-8-16(11-9-10-12(2)3)14(6)18-17(13(4)5)15(7)19/h8-11,13H,1-2,6H2,3-5,7H3/b10-9-,16-11+,18-17?. The highest BCUT2D eigenvalue weighted by Gasteiger charge is 2.11. The highest BCUT2D eigenvalue weighted by molar-refractivity contribution is 6.39. The molecular formula is C17H23NO. The Balaban J connectivity index is 5.25. The van der Waals surface area contributed by atoms with Gasteiger partial charge in [0.25, 0.3) is 0 Å². The van der Waals surface area contributed by atoms with Gasteiger partial charge in [0, 0.05) is 6.92 Å². The summed E-state index contributed by atoms with van der Waals surface area (Å²) in [6, 6.07) is 0. The van der Waals surface area contributed by atoms with Crippen LogP contribution in [0.3, 0.4) is 0 Å². The fourth-order valence-corrected chi connectivity index (χ4v) is 1.42. The lowest BCUT2D eigenvalue weighted by Crippen LogP contribution is -2.17. The largest absolute Gasteiger partial charge is 0.293 e. The lowest BCUT2D eigenvalue weighted by molar-refractivity contribution is -0.111. The van der Waals surface area contributed by atoms with Crippen molar-refractivity contribution in [1.82, 2.24) is 0 Å². The van der Waals surface area contributed by atoms with Crippen LogP contribution in [0.2, 0.25) is 0 Å². The first-order valence-electron chi connectivity index (χ1n) is 6.24. The summed E-state index contributed by atoms with van der Waals surface area (Å²) in [5.74, 6) is 0.0447. The number of rotatable bonds is 7. The third-order valence-corrected chi connectivity index (χ3v) is 2.37. The van der Waals surface area contributed by atoms with Gasteiger partial charge in [-0.05, 0) is 18.4 Å². The zero-order valence-corrected chi connectivity index (χ0v) is 12.4. The Labute approximate surface area is 116 Å². The summed E-state index contributed by atoms with van der Waals surface area (Å²) in [4.78, 5) is 15.8. The first kappa shape index (κ1) is 17.0. The zero-order chi connectivity index (χ0) is 15.0. The van der Waals surface area contributed by atoms with Crippen LogP contribution < -0.4 is 0 Å². The topological polar surface area (TPSA) is 29.4 Å². The summed E-state index contributed by atoms with van der Waals surface area (Å²) in [6.45, 7) is 18.7. The lowest BCUT2D eigenvalue weighted by Gasteiger charge is -2.08. The molecule has 0 aliphatic heterocycles. The Bertz CT molecular complexity index is 473. The van der Waals surface area contributed by atoms with Crippen molar-refractivity contribution in [2.45, 2.75) is 27.7 Å². The van der Waals surface area contributed by atoms with Crippen LogP contribution in [0.5, 0.6) is 0 Å². The number of Topliss-reactive ketones (excluding diaryl/α,β-unsaturated/α-hetero) is 1. The molecule has 0 unspecified atom stereocenters. The Morgan fingerprint density at radius 3 is 2.16 bits per heavy atom. The van der Waals surface area contributed by atoms with E-state index in [2.05, 4.69) is 24.7 Å². The van der Waals surface area contributed by atoms with Gasteiger partial charge >= 0.3 is 0 Å². The van der Waals surface area contributed by atoms with Crippen molar-refractivity contribution < 1.29 is 4.79 Å². The van der Waals surface area contributed by atoms with Crippen molar-refractivity contribution in [1.29, 1.82) is 0 Å². The van der Waals surface area contributed by atoms with Crippen LogP contribution in [0.25, 0.3) is 0 Å². The van der Waals surface area contributed by atoms with Crippen molar-refractivity contribution in [3.05, 3.63) is 60.9 Å². The van der Waals surface area contributed by atoms with E-state index in [0.29, 0.717) is 11.4 Å². The molecule has 0 saturated carbocycles. The van der Waals surface area contributed by atoms with Gasteiger partial charge in [-0.15, -0.1) is 0 Å². The second kappa shape index (κ2) is 8.20. The highest BCUT2D eigenvalue weighted by atomic mass is 16.1. The van der Waals surface area contributed by atoms with E-state index in [4.69, 9.17) is 0 Å². The number of allylic oxidation sites excluding steroid dienone is 5. The fourth-order valence-electron chi connectivity index (χ4n) is 1.42. The average Bonchev–Trinajstić information content (AvgIpc) is 2.30. The Kier molecular flexibility index (Phi) is 7.35. The van der Waals surface area contributed by atoms with E-state index in [1.54, 1.807) is 6.08 Å². The number of aliphatic imine (C=N–C) groups is 1. The van der Waals surface area contributed by atoms with Crippen molar-refractivity contribution in [2.24, 2.45) is 10.9 Å². The molecule has 0 bridgehead atoms. The molecule has 0 atom stereocenters. The number of nitrogens with zero attached hydrogens (tertiary/aromatic N) is 1. The van der Waals surface area contributed by atoms with E-state index in [0.717, 1.165) is 11.1 Å². The van der Waals surface area contributed by atoms with Crippen LogP contribution in [0.1, 0.15) is 27.7 Å². The van der Waals surface area contributed by atoms with E-state index < -0.39 is 0 Å². The first-order valence-corrected chi connectivity index (χ1v) is 6.24. The molecule has 0 radical (unpaired) electrons. The first-order chi connectivity index (χ1) is 8.79. The molecule has 0 aromatic rings. The highest BCUT2D eigenvalue weighted by Crippen LogP contribution is 2.13. The van der Waals surface area contributed by atoms with Gasteiger partial charge in [-0.25, -0.2) is 4.99 Å². The minimum absolute atomic E-state index is 0.0305. The fraction of sp³-hybridized carbons (Fsp3) is 0.294. The van der Waals surface area contributed by atoms with Crippen molar-refractivity contribution >= 4 is 11.5 Å². The Morgan fingerprint density at radius 1 is 1.21 bits per heavy atom. The smallest absolute Gasteiger partial charge is 0.174 e. The molecule has 0 spiro atoms. The minimum atomic E-state index is -0.0305. The van der Waals surface area contributed by atoms with Gasteiger partial charge < -0.3 is 0 Å². The third kappa shape index (κ3) is 6.51. The second-order valence-corrected chi connectivity index (χ2v) is 4.69. The maximum absolute atomic E-state index is 11.5. The molecule has 0 rings (SSSR count). The van der Waals surface area contributed by atoms with Crippen LogP contribution in [0.4, 0.5) is 0 Å². The molecule has 2 nitrogen and oxygen atoms in total. The summed E-state index contributed by atoms with van der Waals surface area (Å²) in [6.07, 6.45) is 7.27. The molecule has 0 aliphatic rings. The number of carbonyl (C=O) groups is 1. The molecular weight excluding hydrogens is 234 g/mol. The third-order valence-electron chi connectivity index (χ3n) is 2.37. The van der Waals surface area contributed by atoms with Crippen LogP contribution in [-0.4, -0.2) is 11.5 Å². The summed E-state index contributed by atoms with van der Waals surface area (Å²) < 4.78 is 0. The van der Waals surface area contributed by atoms with Gasteiger partial charge in [0.05, 0.1) is 11.4 Å². The molecule has 0 fully saturated rings. The zero-order valence-electron chi connectivity index (χ0n) is 12.4. The van der Waals surface area contributed by atoms with Crippen molar-refractivity contribution in [2.75, 3.05) is 0 Å². The molecule has 0 aliphatic carbocycles. The van der Waals surface area contributed by atoms with Gasteiger partial charge in [-0.1, -0.05) is 63.5 Å². The van der Waals surface area contributed by atoms with Gasteiger partial charge in [0.15, 0.2) is 5.78 Å². The van der Waals surface area contributed by atoms with Gasteiger partial charge in [-0.3, -0.25) is 4.79 Å². The quantitative estimate of drug-likeness (QED) is 0.490. The SMILES string of the molecule is C=C/C(=C\C=C/C(=C)C)C(=C)N=C(C(C)=O)C(C)C. The van der Waals surface area contributed by atoms with Crippen molar-refractivity contribution in [3.8, 4) is 0 Å². The molecule has 0 heterocycles. The maximum Gasteiger partial charge on any atom is 0.174 e. The number of carbonyl (C=O) groups excluding carboxylic acids is 1. The molecule has 0 saturated heterocycles.